The van der Waals surface area contributed by atoms with Gasteiger partial charge in [0.1, 0.15) is 0 Å². The van der Waals surface area contributed by atoms with Gasteiger partial charge in [0.2, 0.25) is 0 Å². The minimum absolute atomic E-state index is 0.642. The van der Waals surface area contributed by atoms with E-state index in [2.05, 4.69) is 12.1 Å². The molecule has 0 spiro atoms. The molecule has 0 radical (unpaired) electrons. The monoisotopic (exact) mass is 133 g/mol. The van der Waals surface area contributed by atoms with E-state index in [0.717, 1.165) is 11.5 Å². The zero-order valence-corrected chi connectivity index (χ0v) is 6.01. The van der Waals surface area contributed by atoms with E-state index in [1.54, 1.807) is 0 Å². The lowest BCUT2D eigenvalue weighted by Crippen LogP contribution is -2.04. The molecule has 0 aliphatic heterocycles. The van der Waals surface area contributed by atoms with E-state index in [9.17, 15) is 0 Å². The highest BCUT2D eigenvalue weighted by atomic mass is 14.4. The van der Waals surface area contributed by atoms with E-state index < -0.39 is 0 Å². The van der Waals surface area contributed by atoms with Crippen molar-refractivity contribution < 1.29 is 0 Å². The van der Waals surface area contributed by atoms with Crippen molar-refractivity contribution in [1.29, 1.82) is 5.26 Å². The normalized spacial score (nSPS) is 36.9. The Bertz CT molecular complexity index is 209. The summed E-state index contributed by atoms with van der Waals surface area (Å²) in [7, 11) is 0. The van der Waals surface area contributed by atoms with Gasteiger partial charge >= 0.3 is 0 Å². The Labute approximate surface area is 61.4 Å². The molecule has 2 atom stereocenters. The Morgan fingerprint density at radius 2 is 2.40 bits per heavy atom. The van der Waals surface area contributed by atoms with E-state index in [0.29, 0.717) is 5.92 Å². The van der Waals surface area contributed by atoms with Gasteiger partial charge in [0.25, 0.3) is 0 Å². The summed E-state index contributed by atoms with van der Waals surface area (Å²) in [5.74, 6) is 1.56. The second-order valence-corrected chi connectivity index (χ2v) is 3.38. The van der Waals surface area contributed by atoms with Crippen molar-refractivity contribution in [2.75, 3.05) is 0 Å². The molecule has 1 fully saturated rings. The summed E-state index contributed by atoms with van der Waals surface area (Å²) in [4.78, 5) is 0. The fourth-order valence-electron chi connectivity index (χ4n) is 2.17. The van der Waals surface area contributed by atoms with Crippen LogP contribution in [-0.2, 0) is 0 Å². The number of nitrogens with zero attached hydrogens (tertiary/aromatic N) is 1. The Morgan fingerprint density at radius 1 is 1.50 bits per heavy atom. The van der Waals surface area contributed by atoms with Crippen LogP contribution in [-0.4, -0.2) is 0 Å². The van der Waals surface area contributed by atoms with Crippen molar-refractivity contribution in [3.63, 3.8) is 0 Å². The highest BCUT2D eigenvalue weighted by molar-refractivity contribution is 5.27. The lowest BCUT2D eigenvalue weighted by atomic mass is 9.89. The lowest BCUT2D eigenvalue weighted by molar-refractivity contribution is 0.510. The average molecular weight is 133 g/mol. The molecule has 2 aliphatic rings. The van der Waals surface area contributed by atoms with E-state index in [1.807, 2.05) is 0 Å². The number of rotatable bonds is 0. The molecule has 1 saturated carbocycles. The van der Waals surface area contributed by atoms with Gasteiger partial charge in [0, 0.05) is 5.57 Å². The number of hydrogen-bond acceptors (Lipinski definition) is 1. The lowest BCUT2D eigenvalue weighted by Gasteiger charge is -2.14. The largest absolute Gasteiger partial charge is 0.193 e. The van der Waals surface area contributed by atoms with Gasteiger partial charge in [0.05, 0.1) is 6.07 Å². The maximum Gasteiger partial charge on any atom is 0.0946 e. The van der Waals surface area contributed by atoms with Crippen LogP contribution in [0.15, 0.2) is 11.6 Å². The first kappa shape index (κ1) is 5.97. The second-order valence-electron chi connectivity index (χ2n) is 3.38. The fourth-order valence-corrected chi connectivity index (χ4v) is 2.17. The molecule has 0 aromatic rings. The second kappa shape index (κ2) is 2.12. The van der Waals surface area contributed by atoms with Gasteiger partial charge in [-0.1, -0.05) is 6.08 Å². The molecule has 0 aromatic carbocycles. The molecule has 10 heavy (non-hydrogen) atoms. The smallest absolute Gasteiger partial charge is 0.0946 e. The maximum atomic E-state index is 8.69. The van der Waals surface area contributed by atoms with E-state index in [4.69, 9.17) is 5.26 Å². The standard InChI is InChI=1S/C9H11N/c10-6-9-4-2-7-1-3-8(9)5-7/h4,7-8H,1-3,5H2/t7-,8-/m0/s1. The van der Waals surface area contributed by atoms with Crippen molar-refractivity contribution in [1.82, 2.24) is 0 Å². The van der Waals surface area contributed by atoms with Crippen LogP contribution in [0.2, 0.25) is 0 Å². The molecule has 0 aromatic heterocycles. The first-order valence-corrected chi connectivity index (χ1v) is 4.00. The Hall–Kier alpha value is -0.770. The minimum atomic E-state index is 0.642. The molecule has 0 heterocycles. The summed E-state index contributed by atoms with van der Waals surface area (Å²) in [6, 6.07) is 2.29. The Kier molecular flexibility index (Phi) is 1.27. The molecule has 52 valence electrons. The van der Waals surface area contributed by atoms with Gasteiger partial charge < -0.3 is 0 Å². The van der Waals surface area contributed by atoms with Crippen LogP contribution in [0.4, 0.5) is 0 Å². The molecule has 1 nitrogen and oxygen atoms in total. The van der Waals surface area contributed by atoms with Gasteiger partial charge in [-0.05, 0) is 37.5 Å². The van der Waals surface area contributed by atoms with Crippen LogP contribution in [0, 0.1) is 23.2 Å². The SMILES string of the molecule is N#CC1=CC[C@@H]2CC[C@H]1C2. The molecular formula is C9H11N. The summed E-state index contributed by atoms with van der Waals surface area (Å²) in [5.41, 5.74) is 1.06. The zero-order chi connectivity index (χ0) is 6.97. The molecule has 2 aliphatic carbocycles. The molecule has 0 unspecified atom stereocenters. The third-order valence-corrected chi connectivity index (χ3v) is 2.78. The zero-order valence-electron chi connectivity index (χ0n) is 6.01. The maximum absolute atomic E-state index is 8.69. The predicted octanol–water partition coefficient (Wildman–Crippen LogP) is 2.26. The van der Waals surface area contributed by atoms with Crippen LogP contribution in [0.5, 0.6) is 0 Å². The van der Waals surface area contributed by atoms with E-state index >= 15 is 0 Å². The number of hydrogen-bond donors (Lipinski definition) is 0. The van der Waals surface area contributed by atoms with Gasteiger partial charge in [-0.2, -0.15) is 5.26 Å². The summed E-state index contributed by atoms with van der Waals surface area (Å²) >= 11 is 0. The van der Waals surface area contributed by atoms with Crippen LogP contribution in [0.3, 0.4) is 0 Å². The van der Waals surface area contributed by atoms with E-state index in [1.165, 1.54) is 25.7 Å². The van der Waals surface area contributed by atoms with Crippen molar-refractivity contribution >= 4 is 0 Å². The Morgan fingerprint density at radius 3 is 3.20 bits per heavy atom. The summed E-state index contributed by atoms with van der Waals surface area (Å²) < 4.78 is 0. The highest BCUT2D eigenvalue weighted by Crippen LogP contribution is 2.41. The number of allylic oxidation sites excluding steroid dienone is 2. The van der Waals surface area contributed by atoms with Crippen LogP contribution >= 0.6 is 0 Å². The summed E-state index contributed by atoms with van der Waals surface area (Å²) in [6.45, 7) is 0. The van der Waals surface area contributed by atoms with Crippen LogP contribution in [0.1, 0.15) is 25.7 Å². The van der Waals surface area contributed by atoms with Crippen molar-refractivity contribution in [2.45, 2.75) is 25.7 Å². The predicted molar refractivity (Wildman–Crippen MR) is 39.1 cm³/mol. The highest BCUT2D eigenvalue weighted by Gasteiger charge is 2.30. The molecule has 2 bridgehead atoms. The van der Waals surface area contributed by atoms with Gasteiger partial charge in [-0.25, -0.2) is 0 Å². The molecule has 0 amide bonds. The molecule has 1 heteroatoms. The summed E-state index contributed by atoms with van der Waals surface area (Å²) in [6.07, 6.45) is 7.22. The molecule has 0 N–H and O–H groups in total. The third kappa shape index (κ3) is 0.759. The quantitative estimate of drug-likeness (QED) is 0.497. The first-order chi connectivity index (χ1) is 4.90. The first-order valence-electron chi connectivity index (χ1n) is 4.00. The van der Waals surface area contributed by atoms with Crippen molar-refractivity contribution in [2.24, 2.45) is 11.8 Å². The van der Waals surface area contributed by atoms with Crippen molar-refractivity contribution in [3.05, 3.63) is 11.6 Å². The van der Waals surface area contributed by atoms with Crippen LogP contribution in [0.25, 0.3) is 0 Å². The van der Waals surface area contributed by atoms with Gasteiger partial charge in [-0.3, -0.25) is 0 Å². The third-order valence-electron chi connectivity index (χ3n) is 2.78. The fraction of sp³-hybridized carbons (Fsp3) is 0.667. The number of nitriles is 1. The summed E-state index contributed by atoms with van der Waals surface area (Å²) in [5, 5.41) is 8.69. The van der Waals surface area contributed by atoms with E-state index in [-0.39, 0.29) is 0 Å². The molecule has 2 rings (SSSR count). The van der Waals surface area contributed by atoms with Gasteiger partial charge in [-0.15, -0.1) is 0 Å². The molecular weight excluding hydrogens is 122 g/mol. The van der Waals surface area contributed by atoms with Crippen molar-refractivity contribution in [3.8, 4) is 6.07 Å². The molecule has 0 saturated heterocycles. The topological polar surface area (TPSA) is 23.8 Å². The van der Waals surface area contributed by atoms with Crippen LogP contribution < -0.4 is 0 Å². The number of fused-ring (bicyclic) bond motifs is 2. The van der Waals surface area contributed by atoms with Gasteiger partial charge in [0.15, 0.2) is 0 Å². The average Bonchev–Trinajstić information content (AvgIpc) is 2.34. The minimum Gasteiger partial charge on any atom is -0.193 e. The Balaban J connectivity index is 2.24.